The second-order valence-electron chi connectivity index (χ2n) is 7.25. The summed E-state index contributed by atoms with van der Waals surface area (Å²) in [4.78, 5) is 61.5. The number of aromatic amines is 1. The van der Waals surface area contributed by atoms with Crippen molar-refractivity contribution >= 4 is 40.5 Å². The van der Waals surface area contributed by atoms with Crippen molar-refractivity contribution in [1.82, 2.24) is 20.9 Å². The summed E-state index contributed by atoms with van der Waals surface area (Å²) in [7, 11) is 0. The van der Waals surface area contributed by atoms with Gasteiger partial charge in [0.15, 0.2) is 0 Å². The lowest BCUT2D eigenvalue weighted by atomic mass is 10.0. The lowest BCUT2D eigenvalue weighted by Gasteiger charge is -2.19. The standard InChI is InChI=1S/C20H26N6O6/c1-10(25-17(28)9-24-19(30)13(21)7-16(22)27)18(29)26-15(20(31)32)6-11-8-23-14-5-3-2-4-12(11)14/h2-5,8,10,13,15,23H,6-7,9,21H2,1H3,(H2,22,27)(H,24,30)(H,25,28)(H,26,29)(H,31,32). The van der Waals surface area contributed by atoms with E-state index in [1.54, 1.807) is 6.20 Å². The van der Waals surface area contributed by atoms with Crippen LogP contribution >= 0.6 is 0 Å². The Morgan fingerprint density at radius 1 is 1.09 bits per heavy atom. The first-order valence-electron chi connectivity index (χ1n) is 9.77. The molecule has 0 spiro atoms. The molecule has 0 bridgehead atoms. The van der Waals surface area contributed by atoms with Gasteiger partial charge in [0.1, 0.15) is 12.1 Å². The lowest BCUT2D eigenvalue weighted by Crippen LogP contribution is -2.53. The molecule has 32 heavy (non-hydrogen) atoms. The number of aromatic nitrogens is 1. The van der Waals surface area contributed by atoms with Crippen molar-refractivity contribution in [1.29, 1.82) is 0 Å². The molecule has 3 unspecified atom stereocenters. The summed E-state index contributed by atoms with van der Waals surface area (Å²) in [6.45, 7) is 0.888. The zero-order valence-corrected chi connectivity index (χ0v) is 17.4. The fourth-order valence-corrected chi connectivity index (χ4v) is 2.98. The summed E-state index contributed by atoms with van der Waals surface area (Å²) < 4.78 is 0. The number of aliphatic carboxylic acids is 1. The SMILES string of the molecule is CC(NC(=O)CNC(=O)C(N)CC(N)=O)C(=O)NC(Cc1c[nH]c2ccccc12)C(=O)O. The Balaban J connectivity index is 1.88. The van der Waals surface area contributed by atoms with Crippen molar-refractivity contribution in [3.05, 3.63) is 36.0 Å². The molecule has 1 aromatic carbocycles. The Morgan fingerprint density at radius 2 is 1.78 bits per heavy atom. The first-order chi connectivity index (χ1) is 15.1. The van der Waals surface area contributed by atoms with Crippen molar-refractivity contribution in [2.45, 2.75) is 37.9 Å². The molecule has 0 radical (unpaired) electrons. The van der Waals surface area contributed by atoms with Crippen molar-refractivity contribution in [2.75, 3.05) is 6.54 Å². The third kappa shape index (κ3) is 6.80. The topological polar surface area (TPSA) is 209 Å². The van der Waals surface area contributed by atoms with E-state index in [-0.39, 0.29) is 12.8 Å². The van der Waals surface area contributed by atoms with Gasteiger partial charge in [-0.2, -0.15) is 0 Å². The predicted molar refractivity (Wildman–Crippen MR) is 114 cm³/mol. The Hall–Kier alpha value is -3.93. The van der Waals surface area contributed by atoms with E-state index in [9.17, 15) is 29.1 Å². The summed E-state index contributed by atoms with van der Waals surface area (Å²) in [5.74, 6) is -4.14. The summed E-state index contributed by atoms with van der Waals surface area (Å²) in [6.07, 6.45) is 1.35. The third-order valence-electron chi connectivity index (χ3n) is 4.67. The number of hydrogen-bond donors (Lipinski definition) is 7. The van der Waals surface area contributed by atoms with E-state index in [1.165, 1.54) is 6.92 Å². The molecule has 0 saturated heterocycles. The third-order valence-corrected chi connectivity index (χ3v) is 4.67. The van der Waals surface area contributed by atoms with Crippen LogP contribution in [0, 0.1) is 0 Å². The second kappa shape index (κ2) is 10.9. The predicted octanol–water partition coefficient (Wildman–Crippen LogP) is -1.90. The number of rotatable bonds is 11. The molecular weight excluding hydrogens is 420 g/mol. The molecule has 0 aliphatic carbocycles. The van der Waals surface area contributed by atoms with Crippen LogP contribution in [-0.2, 0) is 30.4 Å². The van der Waals surface area contributed by atoms with Gasteiger partial charge in [-0.15, -0.1) is 0 Å². The Kier molecular flexibility index (Phi) is 8.30. The molecule has 2 aromatic rings. The number of carbonyl (C=O) groups excluding carboxylic acids is 4. The van der Waals surface area contributed by atoms with Crippen LogP contribution < -0.4 is 27.4 Å². The highest BCUT2D eigenvalue weighted by atomic mass is 16.4. The van der Waals surface area contributed by atoms with Gasteiger partial charge in [0.25, 0.3) is 0 Å². The molecule has 1 heterocycles. The van der Waals surface area contributed by atoms with Crippen LogP contribution in [0.5, 0.6) is 0 Å². The number of H-pyrrole nitrogens is 1. The fourth-order valence-electron chi connectivity index (χ4n) is 2.98. The van der Waals surface area contributed by atoms with Crippen molar-refractivity contribution in [3.8, 4) is 0 Å². The van der Waals surface area contributed by atoms with Gasteiger partial charge in [-0.3, -0.25) is 19.2 Å². The minimum atomic E-state index is -1.22. The van der Waals surface area contributed by atoms with E-state index < -0.39 is 54.3 Å². The molecule has 2 rings (SSSR count). The van der Waals surface area contributed by atoms with E-state index in [2.05, 4.69) is 20.9 Å². The van der Waals surface area contributed by atoms with Gasteiger partial charge < -0.3 is 37.5 Å². The van der Waals surface area contributed by atoms with Gasteiger partial charge in [-0.05, 0) is 18.6 Å². The number of nitrogens with two attached hydrogens (primary N) is 2. The van der Waals surface area contributed by atoms with Gasteiger partial charge in [0, 0.05) is 23.5 Å². The molecule has 0 saturated carbocycles. The number of nitrogens with one attached hydrogen (secondary N) is 4. The largest absolute Gasteiger partial charge is 0.480 e. The van der Waals surface area contributed by atoms with Gasteiger partial charge in [0.05, 0.1) is 19.0 Å². The molecule has 1 aromatic heterocycles. The number of primary amides is 1. The average molecular weight is 446 g/mol. The van der Waals surface area contributed by atoms with Gasteiger partial charge in [-0.25, -0.2) is 4.79 Å². The van der Waals surface area contributed by atoms with E-state index in [1.807, 2.05) is 24.3 Å². The molecule has 172 valence electrons. The number of para-hydroxylation sites is 1. The smallest absolute Gasteiger partial charge is 0.326 e. The number of carbonyl (C=O) groups is 5. The normalized spacial score (nSPS) is 13.6. The zero-order chi connectivity index (χ0) is 23.8. The van der Waals surface area contributed by atoms with Crippen LogP contribution in [0.2, 0.25) is 0 Å². The quantitative estimate of drug-likeness (QED) is 0.208. The molecule has 9 N–H and O–H groups in total. The maximum atomic E-state index is 12.4. The highest BCUT2D eigenvalue weighted by molar-refractivity contribution is 5.93. The number of amides is 4. The number of carboxylic acid groups (broad SMARTS) is 1. The monoisotopic (exact) mass is 446 g/mol. The molecule has 12 nitrogen and oxygen atoms in total. The molecule has 4 amide bonds. The summed E-state index contributed by atoms with van der Waals surface area (Å²) in [5.41, 5.74) is 12.0. The van der Waals surface area contributed by atoms with E-state index in [4.69, 9.17) is 11.5 Å². The fraction of sp³-hybridized carbons (Fsp3) is 0.350. The summed E-state index contributed by atoms with van der Waals surface area (Å²) >= 11 is 0. The van der Waals surface area contributed by atoms with Gasteiger partial charge in [-0.1, -0.05) is 18.2 Å². The number of hydrogen-bond acceptors (Lipinski definition) is 6. The first kappa shape index (κ1) is 24.3. The highest BCUT2D eigenvalue weighted by Gasteiger charge is 2.25. The zero-order valence-electron chi connectivity index (χ0n) is 17.4. The second-order valence-corrected chi connectivity index (χ2v) is 7.25. The molecule has 3 atom stereocenters. The maximum Gasteiger partial charge on any atom is 0.326 e. The number of carboxylic acids is 1. The van der Waals surface area contributed by atoms with E-state index in [0.717, 1.165) is 16.5 Å². The molecule has 0 aliphatic heterocycles. The summed E-state index contributed by atoms with van der Waals surface area (Å²) in [5, 5.41) is 17.3. The van der Waals surface area contributed by atoms with Crippen molar-refractivity contribution < 1.29 is 29.1 Å². The van der Waals surface area contributed by atoms with E-state index in [0.29, 0.717) is 0 Å². The molecule has 0 fully saturated rings. The average Bonchev–Trinajstić information content (AvgIpc) is 3.13. The van der Waals surface area contributed by atoms with Gasteiger partial charge in [0.2, 0.25) is 23.6 Å². The minimum absolute atomic E-state index is 0.0412. The minimum Gasteiger partial charge on any atom is -0.480 e. The molecular formula is C20H26N6O6. The highest BCUT2D eigenvalue weighted by Crippen LogP contribution is 2.19. The Morgan fingerprint density at radius 3 is 2.44 bits per heavy atom. The van der Waals surface area contributed by atoms with Crippen molar-refractivity contribution in [2.24, 2.45) is 11.5 Å². The van der Waals surface area contributed by atoms with Crippen LogP contribution in [0.15, 0.2) is 30.5 Å². The Bertz CT molecular complexity index is 1020. The van der Waals surface area contributed by atoms with Gasteiger partial charge >= 0.3 is 5.97 Å². The van der Waals surface area contributed by atoms with Crippen LogP contribution in [-0.4, -0.2) is 64.4 Å². The summed E-state index contributed by atoms with van der Waals surface area (Å²) in [6, 6.07) is 3.89. The number of benzene rings is 1. The van der Waals surface area contributed by atoms with Crippen LogP contribution in [0.25, 0.3) is 10.9 Å². The lowest BCUT2D eigenvalue weighted by molar-refractivity contribution is -0.142. The first-order valence-corrected chi connectivity index (χ1v) is 9.77. The molecule has 12 heteroatoms. The van der Waals surface area contributed by atoms with Crippen LogP contribution in [0.4, 0.5) is 0 Å². The number of fused-ring (bicyclic) bond motifs is 1. The molecule has 0 aliphatic rings. The Labute approximate surface area is 183 Å². The van der Waals surface area contributed by atoms with Crippen molar-refractivity contribution in [3.63, 3.8) is 0 Å². The van der Waals surface area contributed by atoms with Crippen LogP contribution in [0.3, 0.4) is 0 Å². The van der Waals surface area contributed by atoms with Crippen LogP contribution in [0.1, 0.15) is 18.9 Å². The maximum absolute atomic E-state index is 12.4. The van der Waals surface area contributed by atoms with E-state index >= 15 is 0 Å².